The van der Waals surface area contributed by atoms with E-state index in [4.69, 9.17) is 0 Å². The Morgan fingerprint density at radius 1 is 1.43 bits per heavy atom. The van der Waals surface area contributed by atoms with Crippen LogP contribution in [0.1, 0.15) is 18.3 Å². The van der Waals surface area contributed by atoms with Crippen molar-refractivity contribution < 1.29 is 8.42 Å². The summed E-state index contributed by atoms with van der Waals surface area (Å²) in [6.07, 6.45) is 3.16. The van der Waals surface area contributed by atoms with Crippen LogP contribution < -0.4 is 5.32 Å². The average molecular weight is 311 g/mol. The molecule has 1 aliphatic heterocycles. The topological polar surface area (TPSA) is 109 Å². The summed E-state index contributed by atoms with van der Waals surface area (Å²) in [7, 11) is -3.61. The van der Waals surface area contributed by atoms with Crippen LogP contribution in [0.4, 0.5) is 0 Å². The van der Waals surface area contributed by atoms with Crippen molar-refractivity contribution in [1.29, 1.82) is 0 Å². The molecule has 2 aromatic heterocycles. The normalized spacial score (nSPS) is 16.0. The lowest BCUT2D eigenvalue weighted by Crippen LogP contribution is -2.38. The first-order valence-corrected chi connectivity index (χ1v) is 8.16. The number of H-pyrrole nitrogens is 1. The molecule has 114 valence electrons. The second-order valence-electron chi connectivity index (χ2n) is 4.78. The number of hydrogen-bond acceptors (Lipinski definition) is 6. The van der Waals surface area contributed by atoms with Gasteiger partial charge in [-0.1, -0.05) is 6.92 Å². The fraction of sp³-hybridized carbons (Fsp3) is 0.545. The molecule has 0 aliphatic carbocycles. The van der Waals surface area contributed by atoms with Crippen LogP contribution in [0.2, 0.25) is 0 Å². The molecule has 2 aromatic rings. The fourth-order valence-corrected chi connectivity index (χ4v) is 3.78. The monoisotopic (exact) mass is 311 g/mol. The molecular formula is C11H17N7O2S. The zero-order valence-corrected chi connectivity index (χ0v) is 12.5. The number of nitrogens with one attached hydrogen (secondary N) is 2. The van der Waals surface area contributed by atoms with Crippen molar-refractivity contribution in [3.8, 4) is 0 Å². The Morgan fingerprint density at radius 3 is 3.10 bits per heavy atom. The standard InChI is InChI=1S/C11H17N7O2S/c1-2-12-5-9-6-13-16-11(9)21(19,20)18-4-3-17-8-14-15-10(17)7-18/h6,8,12H,2-5,7H2,1H3,(H,13,16). The molecule has 0 saturated heterocycles. The van der Waals surface area contributed by atoms with Crippen LogP contribution >= 0.6 is 0 Å². The lowest BCUT2D eigenvalue weighted by molar-refractivity contribution is 0.334. The highest BCUT2D eigenvalue weighted by Gasteiger charge is 2.32. The zero-order valence-electron chi connectivity index (χ0n) is 11.7. The second-order valence-corrected chi connectivity index (χ2v) is 6.66. The average Bonchev–Trinajstić information content (AvgIpc) is 3.13. The molecule has 9 nitrogen and oxygen atoms in total. The molecule has 3 heterocycles. The summed E-state index contributed by atoms with van der Waals surface area (Å²) in [5.41, 5.74) is 0.642. The third-order valence-electron chi connectivity index (χ3n) is 3.45. The van der Waals surface area contributed by atoms with Gasteiger partial charge in [0.05, 0.1) is 12.7 Å². The highest BCUT2D eigenvalue weighted by molar-refractivity contribution is 7.89. The van der Waals surface area contributed by atoms with Gasteiger partial charge in [-0.25, -0.2) is 8.42 Å². The Labute approximate surface area is 122 Å². The predicted octanol–water partition coefficient (Wildman–Crippen LogP) is -0.685. The molecule has 0 bridgehead atoms. The maximum atomic E-state index is 12.7. The molecule has 0 fully saturated rings. The lowest BCUT2D eigenvalue weighted by atomic mass is 10.3. The van der Waals surface area contributed by atoms with Crippen molar-refractivity contribution >= 4 is 10.0 Å². The van der Waals surface area contributed by atoms with Gasteiger partial charge in [0, 0.05) is 25.2 Å². The van der Waals surface area contributed by atoms with Crippen LogP contribution in [-0.2, 0) is 29.7 Å². The highest BCUT2D eigenvalue weighted by atomic mass is 32.2. The van der Waals surface area contributed by atoms with Gasteiger partial charge < -0.3 is 9.88 Å². The van der Waals surface area contributed by atoms with E-state index in [0.29, 0.717) is 31.0 Å². The summed E-state index contributed by atoms with van der Waals surface area (Å²) < 4.78 is 28.7. The number of fused-ring (bicyclic) bond motifs is 1. The quantitative estimate of drug-likeness (QED) is 0.757. The van der Waals surface area contributed by atoms with E-state index in [1.54, 1.807) is 12.5 Å². The van der Waals surface area contributed by atoms with Crippen LogP contribution in [0.5, 0.6) is 0 Å². The van der Waals surface area contributed by atoms with E-state index in [0.717, 1.165) is 6.54 Å². The first-order chi connectivity index (χ1) is 10.1. The fourth-order valence-electron chi connectivity index (χ4n) is 2.29. The van der Waals surface area contributed by atoms with Crippen molar-refractivity contribution in [3.05, 3.63) is 23.9 Å². The molecule has 1 aliphatic rings. The van der Waals surface area contributed by atoms with E-state index in [2.05, 4.69) is 25.7 Å². The van der Waals surface area contributed by atoms with Crippen molar-refractivity contribution in [2.75, 3.05) is 13.1 Å². The van der Waals surface area contributed by atoms with Gasteiger partial charge in [0.25, 0.3) is 10.0 Å². The Hall–Kier alpha value is -1.78. The number of nitrogens with zero attached hydrogens (tertiary/aromatic N) is 5. The number of rotatable bonds is 5. The van der Waals surface area contributed by atoms with Crippen molar-refractivity contribution in [3.63, 3.8) is 0 Å². The summed E-state index contributed by atoms with van der Waals surface area (Å²) in [4.78, 5) is 0. The third-order valence-corrected chi connectivity index (χ3v) is 5.31. The zero-order chi connectivity index (χ0) is 14.9. The Morgan fingerprint density at radius 2 is 2.29 bits per heavy atom. The predicted molar refractivity (Wildman–Crippen MR) is 73.6 cm³/mol. The van der Waals surface area contributed by atoms with E-state index in [1.165, 1.54) is 4.31 Å². The summed E-state index contributed by atoms with van der Waals surface area (Å²) in [6.45, 7) is 4.36. The van der Waals surface area contributed by atoms with Gasteiger partial charge in [-0.3, -0.25) is 5.10 Å². The summed E-state index contributed by atoms with van der Waals surface area (Å²) in [6, 6.07) is 0. The molecular weight excluding hydrogens is 294 g/mol. The molecule has 0 atom stereocenters. The van der Waals surface area contributed by atoms with E-state index in [1.807, 2.05) is 11.5 Å². The van der Waals surface area contributed by atoms with Gasteiger partial charge in [0.1, 0.15) is 12.2 Å². The first-order valence-electron chi connectivity index (χ1n) is 6.72. The Bertz CT molecular complexity index is 721. The Balaban J connectivity index is 1.86. The van der Waals surface area contributed by atoms with Gasteiger partial charge >= 0.3 is 0 Å². The molecule has 0 radical (unpaired) electrons. The molecule has 3 rings (SSSR count). The van der Waals surface area contributed by atoms with Crippen LogP contribution in [0.15, 0.2) is 17.6 Å². The minimum Gasteiger partial charge on any atom is -0.315 e. The van der Waals surface area contributed by atoms with Crippen LogP contribution in [-0.4, -0.2) is 50.8 Å². The molecule has 0 spiro atoms. The Kier molecular flexibility index (Phi) is 3.74. The maximum absolute atomic E-state index is 12.7. The first kappa shape index (κ1) is 14.2. The molecule has 0 saturated carbocycles. The van der Waals surface area contributed by atoms with Gasteiger partial charge in [-0.05, 0) is 6.54 Å². The van der Waals surface area contributed by atoms with E-state index >= 15 is 0 Å². The van der Waals surface area contributed by atoms with E-state index in [9.17, 15) is 8.42 Å². The largest absolute Gasteiger partial charge is 0.315 e. The van der Waals surface area contributed by atoms with Crippen LogP contribution in [0.25, 0.3) is 0 Å². The second kappa shape index (κ2) is 5.54. The lowest BCUT2D eigenvalue weighted by Gasteiger charge is -2.26. The SMILES string of the molecule is CCNCc1cn[nH]c1S(=O)(=O)N1CCn2cnnc2C1. The van der Waals surface area contributed by atoms with Crippen molar-refractivity contribution in [2.24, 2.45) is 0 Å². The molecule has 21 heavy (non-hydrogen) atoms. The van der Waals surface area contributed by atoms with Gasteiger partial charge in [0.15, 0.2) is 5.03 Å². The minimum atomic E-state index is -3.61. The molecule has 0 aromatic carbocycles. The smallest absolute Gasteiger partial charge is 0.260 e. The van der Waals surface area contributed by atoms with Crippen LogP contribution in [0.3, 0.4) is 0 Å². The van der Waals surface area contributed by atoms with E-state index in [-0.39, 0.29) is 11.6 Å². The summed E-state index contributed by atoms with van der Waals surface area (Å²) in [5.74, 6) is 0.651. The van der Waals surface area contributed by atoms with Gasteiger partial charge in [-0.15, -0.1) is 10.2 Å². The van der Waals surface area contributed by atoms with Gasteiger partial charge in [-0.2, -0.15) is 9.40 Å². The number of sulfonamides is 1. The molecule has 10 heteroatoms. The molecule has 0 amide bonds. The van der Waals surface area contributed by atoms with Crippen LogP contribution in [0, 0.1) is 0 Å². The summed E-state index contributed by atoms with van der Waals surface area (Å²) in [5, 5.41) is 17.5. The summed E-state index contributed by atoms with van der Waals surface area (Å²) >= 11 is 0. The maximum Gasteiger partial charge on any atom is 0.260 e. The highest BCUT2D eigenvalue weighted by Crippen LogP contribution is 2.21. The molecule has 2 N–H and O–H groups in total. The van der Waals surface area contributed by atoms with Crippen molar-refractivity contribution in [1.82, 2.24) is 34.6 Å². The molecule has 0 unspecified atom stereocenters. The third kappa shape index (κ3) is 2.57. The van der Waals surface area contributed by atoms with Crippen molar-refractivity contribution in [2.45, 2.75) is 31.6 Å². The van der Waals surface area contributed by atoms with E-state index < -0.39 is 10.0 Å². The number of aromatic nitrogens is 5. The number of hydrogen-bond donors (Lipinski definition) is 2. The minimum absolute atomic E-state index is 0.149. The van der Waals surface area contributed by atoms with Gasteiger partial charge in [0.2, 0.25) is 0 Å². The number of aromatic amines is 1.